The van der Waals surface area contributed by atoms with Gasteiger partial charge in [-0.2, -0.15) is 0 Å². The van der Waals surface area contributed by atoms with Gasteiger partial charge in [-0.3, -0.25) is 9.59 Å². The highest BCUT2D eigenvalue weighted by molar-refractivity contribution is 9.10. The van der Waals surface area contributed by atoms with Crippen LogP contribution in [-0.4, -0.2) is 30.3 Å². The smallest absolute Gasteiger partial charge is 0.254 e. The van der Waals surface area contributed by atoms with E-state index in [0.717, 1.165) is 17.0 Å². The Hall–Kier alpha value is -2.28. The van der Waals surface area contributed by atoms with E-state index in [4.69, 9.17) is 0 Å². The Kier molecular flexibility index (Phi) is 5.44. The number of rotatable bonds is 4. The summed E-state index contributed by atoms with van der Waals surface area (Å²) < 4.78 is 27.0. The molecule has 120 valence electrons. The van der Waals surface area contributed by atoms with Crippen LogP contribution in [0.5, 0.6) is 0 Å². The van der Waals surface area contributed by atoms with Crippen molar-refractivity contribution in [1.82, 2.24) is 4.90 Å². The molecule has 0 fully saturated rings. The molecule has 0 aliphatic rings. The number of anilines is 1. The molecule has 2 aromatic rings. The molecule has 0 aromatic heterocycles. The van der Waals surface area contributed by atoms with Gasteiger partial charge in [0.25, 0.3) is 5.91 Å². The first-order valence-electron chi connectivity index (χ1n) is 6.63. The SMILES string of the molecule is CN(CC(=O)Nc1ccccc1Br)C(=O)c1cc(F)cc(F)c1. The summed E-state index contributed by atoms with van der Waals surface area (Å²) in [5, 5.41) is 2.64. The molecule has 2 amide bonds. The van der Waals surface area contributed by atoms with Crippen molar-refractivity contribution in [2.75, 3.05) is 18.9 Å². The lowest BCUT2D eigenvalue weighted by molar-refractivity contribution is -0.116. The van der Waals surface area contributed by atoms with Gasteiger partial charge in [-0.15, -0.1) is 0 Å². The second-order valence-electron chi connectivity index (χ2n) is 4.85. The number of para-hydroxylation sites is 1. The maximum atomic E-state index is 13.2. The fraction of sp³-hybridized carbons (Fsp3) is 0.125. The third-order valence-corrected chi connectivity index (χ3v) is 3.68. The predicted molar refractivity (Wildman–Crippen MR) is 86.1 cm³/mol. The molecule has 0 heterocycles. The summed E-state index contributed by atoms with van der Waals surface area (Å²) in [6.45, 7) is -0.252. The summed E-state index contributed by atoms with van der Waals surface area (Å²) >= 11 is 3.29. The summed E-state index contributed by atoms with van der Waals surface area (Å²) in [6.07, 6.45) is 0. The van der Waals surface area contributed by atoms with Gasteiger partial charge in [-0.25, -0.2) is 8.78 Å². The van der Waals surface area contributed by atoms with Crippen LogP contribution in [0.3, 0.4) is 0 Å². The first-order valence-corrected chi connectivity index (χ1v) is 7.42. The van der Waals surface area contributed by atoms with Crippen molar-refractivity contribution < 1.29 is 18.4 Å². The molecule has 0 spiro atoms. The molecule has 0 aliphatic heterocycles. The van der Waals surface area contributed by atoms with Crippen LogP contribution in [0.25, 0.3) is 0 Å². The molecule has 0 bridgehead atoms. The first kappa shape index (κ1) is 17.1. The maximum Gasteiger partial charge on any atom is 0.254 e. The van der Waals surface area contributed by atoms with Crippen LogP contribution in [0.15, 0.2) is 46.9 Å². The normalized spacial score (nSPS) is 10.3. The highest BCUT2D eigenvalue weighted by atomic mass is 79.9. The lowest BCUT2D eigenvalue weighted by atomic mass is 10.2. The fourth-order valence-electron chi connectivity index (χ4n) is 1.94. The van der Waals surface area contributed by atoms with Gasteiger partial charge in [0.05, 0.1) is 12.2 Å². The molecular weight excluding hydrogens is 370 g/mol. The third kappa shape index (κ3) is 4.59. The molecular formula is C16H13BrF2N2O2. The van der Waals surface area contributed by atoms with E-state index in [9.17, 15) is 18.4 Å². The van der Waals surface area contributed by atoms with Gasteiger partial charge in [-0.1, -0.05) is 12.1 Å². The number of amides is 2. The summed E-state index contributed by atoms with van der Waals surface area (Å²) in [4.78, 5) is 25.2. The van der Waals surface area contributed by atoms with Crippen LogP contribution >= 0.6 is 15.9 Å². The molecule has 7 heteroatoms. The number of nitrogens with zero attached hydrogens (tertiary/aromatic N) is 1. The average molecular weight is 383 g/mol. The Bertz CT molecular complexity index is 732. The van der Waals surface area contributed by atoms with Gasteiger partial charge in [0.2, 0.25) is 5.91 Å². The molecule has 1 N–H and O–H groups in total. The Balaban J connectivity index is 2.03. The Morgan fingerprint density at radius 1 is 1.13 bits per heavy atom. The van der Waals surface area contributed by atoms with Gasteiger partial charge in [0, 0.05) is 23.2 Å². The summed E-state index contributed by atoms with van der Waals surface area (Å²) in [5.74, 6) is -2.77. The van der Waals surface area contributed by atoms with E-state index in [2.05, 4.69) is 21.2 Å². The second-order valence-corrected chi connectivity index (χ2v) is 5.70. The average Bonchev–Trinajstić information content (AvgIpc) is 2.47. The van der Waals surface area contributed by atoms with Crippen molar-refractivity contribution in [3.63, 3.8) is 0 Å². The van der Waals surface area contributed by atoms with Crippen LogP contribution < -0.4 is 5.32 Å². The minimum Gasteiger partial charge on any atom is -0.332 e. The van der Waals surface area contributed by atoms with Gasteiger partial charge < -0.3 is 10.2 Å². The largest absolute Gasteiger partial charge is 0.332 e. The maximum absolute atomic E-state index is 13.2. The van der Waals surface area contributed by atoms with Crippen molar-refractivity contribution in [3.05, 3.63) is 64.1 Å². The number of benzene rings is 2. The molecule has 2 aromatic carbocycles. The summed E-state index contributed by atoms with van der Waals surface area (Å²) in [7, 11) is 1.38. The van der Waals surface area contributed by atoms with Crippen LogP contribution in [0, 0.1) is 11.6 Å². The number of nitrogens with one attached hydrogen (secondary N) is 1. The van der Waals surface area contributed by atoms with Crippen LogP contribution in [0.2, 0.25) is 0 Å². The second kappa shape index (κ2) is 7.32. The fourth-order valence-corrected chi connectivity index (χ4v) is 2.32. The highest BCUT2D eigenvalue weighted by Crippen LogP contribution is 2.21. The summed E-state index contributed by atoms with van der Waals surface area (Å²) in [6, 6.07) is 9.54. The van der Waals surface area contributed by atoms with Crippen molar-refractivity contribution in [3.8, 4) is 0 Å². The zero-order valence-corrected chi connectivity index (χ0v) is 13.7. The molecule has 0 saturated carbocycles. The summed E-state index contributed by atoms with van der Waals surface area (Å²) in [5.41, 5.74) is 0.411. The van der Waals surface area contributed by atoms with Crippen LogP contribution in [0.1, 0.15) is 10.4 Å². The van der Waals surface area contributed by atoms with E-state index in [1.165, 1.54) is 7.05 Å². The van der Waals surface area contributed by atoms with E-state index < -0.39 is 23.4 Å². The topological polar surface area (TPSA) is 49.4 Å². The molecule has 0 unspecified atom stereocenters. The molecule has 23 heavy (non-hydrogen) atoms. The van der Waals surface area contributed by atoms with Crippen LogP contribution in [0.4, 0.5) is 14.5 Å². The van der Waals surface area contributed by atoms with Crippen molar-refractivity contribution in [1.29, 1.82) is 0 Å². The number of likely N-dealkylation sites (N-methyl/N-ethyl adjacent to an activating group) is 1. The van der Waals surface area contributed by atoms with E-state index in [-0.39, 0.29) is 12.1 Å². The van der Waals surface area contributed by atoms with Crippen molar-refractivity contribution >= 4 is 33.4 Å². The molecule has 0 atom stereocenters. The molecule has 0 aliphatic carbocycles. The van der Waals surface area contributed by atoms with Gasteiger partial charge in [0.15, 0.2) is 0 Å². The van der Waals surface area contributed by atoms with Crippen molar-refractivity contribution in [2.24, 2.45) is 0 Å². The Morgan fingerprint density at radius 2 is 1.74 bits per heavy atom. The molecule has 2 rings (SSSR count). The molecule has 0 saturated heterocycles. The molecule has 4 nitrogen and oxygen atoms in total. The zero-order chi connectivity index (χ0) is 17.0. The van der Waals surface area contributed by atoms with E-state index in [0.29, 0.717) is 16.2 Å². The van der Waals surface area contributed by atoms with E-state index in [1.54, 1.807) is 24.3 Å². The number of carbonyl (C=O) groups excluding carboxylic acids is 2. The minimum atomic E-state index is -0.848. The van der Waals surface area contributed by atoms with Crippen LogP contribution in [-0.2, 0) is 4.79 Å². The highest BCUT2D eigenvalue weighted by Gasteiger charge is 2.17. The quantitative estimate of drug-likeness (QED) is 0.880. The monoisotopic (exact) mass is 382 g/mol. The zero-order valence-electron chi connectivity index (χ0n) is 12.1. The third-order valence-electron chi connectivity index (χ3n) is 2.98. The number of carbonyl (C=O) groups is 2. The van der Waals surface area contributed by atoms with Gasteiger partial charge >= 0.3 is 0 Å². The lowest BCUT2D eigenvalue weighted by Gasteiger charge is -2.17. The lowest BCUT2D eigenvalue weighted by Crippen LogP contribution is -2.35. The van der Waals surface area contributed by atoms with Gasteiger partial charge in [0.1, 0.15) is 11.6 Å². The number of halogens is 3. The predicted octanol–water partition coefficient (Wildman–Crippen LogP) is 3.44. The Morgan fingerprint density at radius 3 is 2.35 bits per heavy atom. The standard InChI is InChI=1S/C16H13BrF2N2O2/c1-21(16(23)10-6-11(18)8-12(19)7-10)9-15(22)20-14-5-3-2-4-13(14)17/h2-8H,9H2,1H3,(H,20,22). The minimum absolute atomic E-state index is 0.154. The Labute approximate surface area is 140 Å². The number of hydrogen-bond donors (Lipinski definition) is 1. The van der Waals surface area contributed by atoms with Crippen molar-refractivity contribution in [2.45, 2.75) is 0 Å². The van der Waals surface area contributed by atoms with E-state index >= 15 is 0 Å². The number of hydrogen-bond acceptors (Lipinski definition) is 2. The molecule has 0 radical (unpaired) electrons. The van der Waals surface area contributed by atoms with E-state index in [1.807, 2.05) is 0 Å². The first-order chi connectivity index (χ1) is 10.9. The van der Waals surface area contributed by atoms with Gasteiger partial charge in [-0.05, 0) is 40.2 Å².